The molecule has 0 aliphatic rings. The zero-order valence-corrected chi connectivity index (χ0v) is 12.2. The van der Waals surface area contributed by atoms with Crippen LogP contribution in [0.25, 0.3) is 0 Å². The zero-order chi connectivity index (χ0) is 16.5. The number of carbonyl (C=O) groups is 2. The summed E-state index contributed by atoms with van der Waals surface area (Å²) in [7, 11) is 1.22. The molecule has 0 unspecified atom stereocenters. The maximum Gasteiger partial charge on any atom is 0.328 e. The Balaban J connectivity index is 2.63. The fourth-order valence-electron chi connectivity index (χ4n) is 1.88. The Morgan fingerprint density at radius 1 is 1.36 bits per heavy atom. The lowest BCUT2D eigenvalue weighted by Gasteiger charge is -2.16. The molecule has 0 spiro atoms. The molecule has 4 nitrogen and oxygen atoms in total. The molecule has 1 aromatic rings. The van der Waals surface area contributed by atoms with Crippen molar-refractivity contribution in [2.75, 3.05) is 7.11 Å². The van der Waals surface area contributed by atoms with Crippen LogP contribution in [0.3, 0.4) is 0 Å². The molecule has 0 fully saturated rings. The first-order valence-electron chi connectivity index (χ1n) is 6.72. The Bertz CT molecular complexity index is 581. The SMILES string of the molecule is C#CCCC[C@H](NC(=O)Cc1ccc(F)c(F)c1)C(=O)OC. The molecular formula is C16H17F2NO3. The van der Waals surface area contributed by atoms with E-state index in [0.717, 1.165) is 12.1 Å². The highest BCUT2D eigenvalue weighted by molar-refractivity contribution is 5.85. The van der Waals surface area contributed by atoms with Crippen molar-refractivity contribution in [3.05, 3.63) is 35.4 Å². The van der Waals surface area contributed by atoms with Gasteiger partial charge in [-0.15, -0.1) is 12.3 Å². The van der Waals surface area contributed by atoms with Crippen molar-refractivity contribution < 1.29 is 23.1 Å². The molecular weight excluding hydrogens is 292 g/mol. The second-order valence-electron chi connectivity index (χ2n) is 4.66. The minimum absolute atomic E-state index is 0.167. The maximum absolute atomic E-state index is 13.1. The lowest BCUT2D eigenvalue weighted by atomic mass is 10.1. The van der Waals surface area contributed by atoms with Gasteiger partial charge in [-0.05, 0) is 30.5 Å². The predicted octanol–water partition coefficient (Wildman–Crippen LogP) is 1.97. The number of methoxy groups -OCH3 is 1. The van der Waals surface area contributed by atoms with Crippen LogP contribution in [0.15, 0.2) is 18.2 Å². The second-order valence-corrected chi connectivity index (χ2v) is 4.66. The van der Waals surface area contributed by atoms with Gasteiger partial charge in [0.15, 0.2) is 11.6 Å². The number of esters is 1. The fourth-order valence-corrected chi connectivity index (χ4v) is 1.88. The predicted molar refractivity (Wildman–Crippen MR) is 76.7 cm³/mol. The first kappa shape index (κ1) is 17.6. The first-order valence-corrected chi connectivity index (χ1v) is 6.72. The zero-order valence-electron chi connectivity index (χ0n) is 12.2. The molecule has 0 aliphatic heterocycles. The number of amides is 1. The van der Waals surface area contributed by atoms with E-state index in [1.807, 2.05) is 0 Å². The number of carbonyl (C=O) groups excluding carboxylic acids is 2. The van der Waals surface area contributed by atoms with E-state index in [4.69, 9.17) is 6.42 Å². The summed E-state index contributed by atoms with van der Waals surface area (Å²) in [6.45, 7) is 0. The summed E-state index contributed by atoms with van der Waals surface area (Å²) in [5, 5.41) is 2.51. The molecule has 0 aromatic heterocycles. The molecule has 0 bridgehead atoms. The van der Waals surface area contributed by atoms with Gasteiger partial charge in [0.05, 0.1) is 13.5 Å². The van der Waals surface area contributed by atoms with Crippen molar-refractivity contribution in [2.24, 2.45) is 0 Å². The van der Waals surface area contributed by atoms with Gasteiger partial charge in [0, 0.05) is 6.42 Å². The van der Waals surface area contributed by atoms with Crippen molar-refractivity contribution in [3.63, 3.8) is 0 Å². The first-order chi connectivity index (χ1) is 10.5. The highest BCUT2D eigenvalue weighted by Crippen LogP contribution is 2.10. The van der Waals surface area contributed by atoms with Crippen LogP contribution in [-0.4, -0.2) is 25.0 Å². The van der Waals surface area contributed by atoms with Gasteiger partial charge in [-0.1, -0.05) is 6.07 Å². The van der Waals surface area contributed by atoms with E-state index in [1.54, 1.807) is 0 Å². The van der Waals surface area contributed by atoms with Crippen LogP contribution in [0.2, 0.25) is 0 Å². The number of halogens is 2. The molecule has 1 N–H and O–H groups in total. The molecule has 1 rings (SSSR count). The fraction of sp³-hybridized carbons (Fsp3) is 0.375. The Morgan fingerprint density at radius 3 is 2.68 bits per heavy atom. The Hall–Kier alpha value is -2.42. The molecule has 1 atom stereocenters. The molecule has 118 valence electrons. The number of benzene rings is 1. The normalized spacial score (nSPS) is 11.4. The van der Waals surface area contributed by atoms with Crippen molar-refractivity contribution in [1.29, 1.82) is 0 Å². The van der Waals surface area contributed by atoms with Crippen LogP contribution >= 0.6 is 0 Å². The third-order valence-corrected chi connectivity index (χ3v) is 2.98. The topological polar surface area (TPSA) is 55.4 Å². The van der Waals surface area contributed by atoms with E-state index >= 15 is 0 Å². The highest BCUT2D eigenvalue weighted by atomic mass is 19.2. The van der Waals surface area contributed by atoms with Gasteiger partial charge >= 0.3 is 5.97 Å². The van der Waals surface area contributed by atoms with Gasteiger partial charge in [-0.25, -0.2) is 13.6 Å². The van der Waals surface area contributed by atoms with E-state index in [2.05, 4.69) is 16.0 Å². The van der Waals surface area contributed by atoms with Gasteiger partial charge in [-0.2, -0.15) is 0 Å². The molecule has 0 aliphatic carbocycles. The minimum atomic E-state index is -1.02. The summed E-state index contributed by atoms with van der Waals surface area (Å²) >= 11 is 0. The van der Waals surface area contributed by atoms with E-state index in [-0.39, 0.29) is 6.42 Å². The maximum atomic E-state index is 13.1. The average molecular weight is 309 g/mol. The smallest absolute Gasteiger partial charge is 0.328 e. The molecule has 0 radical (unpaired) electrons. The average Bonchev–Trinajstić information content (AvgIpc) is 2.49. The van der Waals surface area contributed by atoms with Crippen molar-refractivity contribution >= 4 is 11.9 Å². The number of terminal acetylenes is 1. The standard InChI is InChI=1S/C16H17F2NO3/c1-3-4-5-6-14(16(21)22-2)19-15(20)10-11-7-8-12(17)13(18)9-11/h1,7-9,14H,4-6,10H2,2H3,(H,19,20)/t14-/m0/s1. The van der Waals surface area contributed by atoms with Crippen LogP contribution in [0, 0.1) is 24.0 Å². The van der Waals surface area contributed by atoms with E-state index in [1.165, 1.54) is 13.2 Å². The van der Waals surface area contributed by atoms with Crippen molar-refractivity contribution in [1.82, 2.24) is 5.32 Å². The number of hydrogen-bond donors (Lipinski definition) is 1. The summed E-state index contributed by atoms with van der Waals surface area (Å²) in [5.74, 6) is -0.620. The number of nitrogens with one attached hydrogen (secondary N) is 1. The van der Waals surface area contributed by atoms with Crippen molar-refractivity contribution in [3.8, 4) is 12.3 Å². The van der Waals surface area contributed by atoms with Gasteiger partial charge in [0.1, 0.15) is 6.04 Å². The summed E-state index contributed by atoms with van der Waals surface area (Å²) in [6, 6.07) is 2.39. The van der Waals surface area contributed by atoms with Crippen LogP contribution in [0.4, 0.5) is 8.78 Å². The third kappa shape index (κ3) is 5.52. The van der Waals surface area contributed by atoms with E-state index in [0.29, 0.717) is 24.8 Å². The van der Waals surface area contributed by atoms with Crippen LogP contribution < -0.4 is 5.32 Å². The second kappa shape index (κ2) is 8.78. The largest absolute Gasteiger partial charge is 0.467 e. The molecule has 0 saturated carbocycles. The molecule has 6 heteroatoms. The number of hydrogen-bond acceptors (Lipinski definition) is 3. The van der Waals surface area contributed by atoms with Crippen LogP contribution in [-0.2, 0) is 20.7 Å². The molecule has 0 saturated heterocycles. The van der Waals surface area contributed by atoms with E-state index < -0.39 is 29.6 Å². The Kier molecular flexibility index (Phi) is 7.03. The third-order valence-electron chi connectivity index (χ3n) is 2.98. The highest BCUT2D eigenvalue weighted by Gasteiger charge is 2.21. The Morgan fingerprint density at radius 2 is 2.09 bits per heavy atom. The van der Waals surface area contributed by atoms with Gasteiger partial charge in [0.25, 0.3) is 0 Å². The van der Waals surface area contributed by atoms with E-state index in [9.17, 15) is 18.4 Å². The van der Waals surface area contributed by atoms with Gasteiger partial charge in [0.2, 0.25) is 5.91 Å². The summed E-state index contributed by atoms with van der Waals surface area (Å²) < 4.78 is 30.5. The summed E-state index contributed by atoms with van der Waals surface area (Å²) in [4.78, 5) is 23.5. The van der Waals surface area contributed by atoms with Crippen LogP contribution in [0.5, 0.6) is 0 Å². The minimum Gasteiger partial charge on any atom is -0.467 e. The summed E-state index contributed by atoms with van der Waals surface area (Å²) in [6.07, 6.45) is 6.35. The van der Waals surface area contributed by atoms with Gasteiger partial charge < -0.3 is 10.1 Å². The molecule has 0 heterocycles. The monoisotopic (exact) mass is 309 g/mol. The summed E-state index contributed by atoms with van der Waals surface area (Å²) in [5.41, 5.74) is 0.309. The van der Waals surface area contributed by atoms with Gasteiger partial charge in [-0.3, -0.25) is 4.79 Å². The number of unbranched alkanes of at least 4 members (excludes halogenated alkanes) is 1. The number of ether oxygens (including phenoxy) is 1. The molecule has 1 aromatic carbocycles. The van der Waals surface area contributed by atoms with Crippen LogP contribution in [0.1, 0.15) is 24.8 Å². The molecule has 22 heavy (non-hydrogen) atoms. The quantitative estimate of drug-likeness (QED) is 0.476. The van der Waals surface area contributed by atoms with Crippen molar-refractivity contribution in [2.45, 2.75) is 31.7 Å². The number of rotatable bonds is 7. The molecule has 1 amide bonds. The Labute approximate surface area is 127 Å². The lowest BCUT2D eigenvalue weighted by Crippen LogP contribution is -2.42. The lowest BCUT2D eigenvalue weighted by molar-refractivity contribution is -0.145.